The summed E-state index contributed by atoms with van der Waals surface area (Å²) in [7, 11) is 0. The van der Waals surface area contributed by atoms with Crippen LogP contribution in [0.5, 0.6) is 0 Å². The van der Waals surface area contributed by atoms with Crippen LogP contribution in [0.1, 0.15) is 117 Å². The van der Waals surface area contributed by atoms with Gasteiger partial charge in [0.1, 0.15) is 6.61 Å². The molecule has 0 heterocycles. The third-order valence-electron chi connectivity index (χ3n) is 4.47. The molecule has 0 radical (unpaired) electrons. The topological polar surface area (TPSA) is 46.5 Å². The first-order valence-electron chi connectivity index (χ1n) is 10.5. The summed E-state index contributed by atoms with van der Waals surface area (Å²) in [6.45, 7) is 4.02. The number of esters is 1. The zero-order valence-corrected chi connectivity index (χ0v) is 16.4. The fraction of sp³-hybridized carbons (Fsp3) is 0.952. The van der Waals surface area contributed by atoms with Gasteiger partial charge in [-0.15, -0.1) is 0 Å². The van der Waals surface area contributed by atoms with Crippen molar-refractivity contribution in [2.45, 2.75) is 123 Å². The molecule has 25 heavy (non-hydrogen) atoms. The van der Waals surface area contributed by atoms with Gasteiger partial charge in [-0.2, -0.15) is 0 Å². The van der Waals surface area contributed by atoms with Crippen LogP contribution in [-0.4, -0.2) is 53.3 Å². The van der Waals surface area contributed by atoms with E-state index in [1.807, 2.05) is 0 Å². The average molecular weight is 367 g/mol. The van der Waals surface area contributed by atoms with E-state index in [-0.39, 0.29) is 42.1 Å². The fourth-order valence-corrected chi connectivity index (χ4v) is 2.93. The van der Waals surface area contributed by atoms with E-state index < -0.39 is 6.10 Å². The number of carbonyl (C=O) groups excluding carboxylic acids is 1. The predicted octanol–water partition coefficient (Wildman–Crippen LogP) is 5.52. The summed E-state index contributed by atoms with van der Waals surface area (Å²) in [4.78, 5) is 11.3. The predicted molar refractivity (Wildman–Crippen MR) is 109 cm³/mol. The molecule has 4 heteroatoms. The van der Waals surface area contributed by atoms with Crippen molar-refractivity contribution >= 4 is 35.5 Å². The molecule has 0 fully saturated rings. The van der Waals surface area contributed by atoms with Gasteiger partial charge in [0, 0.05) is 6.42 Å². The first-order valence-corrected chi connectivity index (χ1v) is 10.5. The SMILES string of the molecule is CCCCCCCCCCCCCCCCCC(=O)OCC(C)O.[NaH]. The second kappa shape index (κ2) is 22.5. The number of unbranched alkanes of at least 4 members (excludes halogenated alkanes) is 14. The molecule has 0 bridgehead atoms. The van der Waals surface area contributed by atoms with E-state index in [2.05, 4.69) is 6.92 Å². The molecule has 1 atom stereocenters. The van der Waals surface area contributed by atoms with E-state index in [1.54, 1.807) is 6.92 Å². The Morgan fingerprint density at radius 1 is 0.760 bits per heavy atom. The van der Waals surface area contributed by atoms with Crippen molar-refractivity contribution in [2.24, 2.45) is 0 Å². The molecule has 0 aliphatic carbocycles. The molecule has 0 saturated heterocycles. The third-order valence-corrected chi connectivity index (χ3v) is 4.47. The van der Waals surface area contributed by atoms with Gasteiger partial charge in [0.15, 0.2) is 0 Å². The maximum atomic E-state index is 11.3. The second-order valence-corrected chi connectivity index (χ2v) is 7.23. The molecule has 0 aromatic rings. The van der Waals surface area contributed by atoms with Crippen LogP contribution in [0.2, 0.25) is 0 Å². The van der Waals surface area contributed by atoms with Crippen molar-refractivity contribution in [1.29, 1.82) is 0 Å². The van der Waals surface area contributed by atoms with Gasteiger partial charge in [0.25, 0.3) is 0 Å². The molecule has 0 amide bonds. The van der Waals surface area contributed by atoms with Crippen molar-refractivity contribution in [3.63, 3.8) is 0 Å². The Morgan fingerprint density at radius 3 is 1.48 bits per heavy atom. The minimum atomic E-state index is -0.560. The average Bonchev–Trinajstić information content (AvgIpc) is 2.56. The first-order chi connectivity index (χ1) is 11.7. The van der Waals surface area contributed by atoms with Gasteiger partial charge in [0.2, 0.25) is 0 Å². The number of aliphatic hydroxyl groups excluding tert-OH is 1. The van der Waals surface area contributed by atoms with Crippen molar-refractivity contribution in [3.05, 3.63) is 0 Å². The van der Waals surface area contributed by atoms with Crippen molar-refractivity contribution in [1.82, 2.24) is 0 Å². The molecule has 0 spiro atoms. The maximum absolute atomic E-state index is 11.3. The zero-order chi connectivity index (χ0) is 17.9. The Bertz CT molecular complexity index is 270. The van der Waals surface area contributed by atoms with Gasteiger partial charge in [-0.1, -0.05) is 96.8 Å². The standard InChI is InChI=1S/C21H42O3.Na.H/c1-3-4-5-6-7-8-9-10-11-12-13-14-15-16-17-18-21(23)24-19-20(2)22;;/h20,22H,3-19H2,1-2H3;;. The number of hydrogen-bond donors (Lipinski definition) is 1. The number of hydrogen-bond acceptors (Lipinski definition) is 3. The second-order valence-electron chi connectivity index (χ2n) is 7.23. The van der Waals surface area contributed by atoms with Gasteiger partial charge < -0.3 is 9.84 Å². The zero-order valence-electron chi connectivity index (χ0n) is 16.4. The van der Waals surface area contributed by atoms with Crippen LogP contribution >= 0.6 is 0 Å². The Balaban J connectivity index is 0. The van der Waals surface area contributed by atoms with Crippen LogP contribution in [0.15, 0.2) is 0 Å². The molecule has 0 saturated carbocycles. The number of aliphatic hydroxyl groups is 1. The van der Waals surface area contributed by atoms with Gasteiger partial charge in [0.05, 0.1) is 6.10 Å². The molecule has 0 rings (SSSR count). The molecule has 1 unspecified atom stereocenters. The first kappa shape index (κ1) is 27.6. The van der Waals surface area contributed by atoms with E-state index in [1.165, 1.54) is 83.5 Å². The number of rotatable bonds is 18. The van der Waals surface area contributed by atoms with Gasteiger partial charge >= 0.3 is 35.5 Å². The Kier molecular flexibility index (Phi) is 24.9. The summed E-state index contributed by atoms with van der Waals surface area (Å²) in [5, 5.41) is 9.03. The quantitative estimate of drug-likeness (QED) is 0.197. The molecular formula is C21H43NaO3. The Hall–Kier alpha value is 0.430. The summed E-state index contributed by atoms with van der Waals surface area (Å²) in [5.74, 6) is -0.175. The van der Waals surface area contributed by atoms with Crippen LogP contribution in [0.25, 0.3) is 0 Å². The molecule has 0 aromatic heterocycles. The molecular weight excluding hydrogens is 323 g/mol. The van der Waals surface area contributed by atoms with Gasteiger partial charge in [-0.25, -0.2) is 0 Å². The van der Waals surface area contributed by atoms with Crippen LogP contribution in [0, 0.1) is 0 Å². The number of carbonyl (C=O) groups is 1. The van der Waals surface area contributed by atoms with Crippen LogP contribution in [0.4, 0.5) is 0 Å². The summed E-state index contributed by atoms with van der Waals surface area (Å²) >= 11 is 0. The van der Waals surface area contributed by atoms with E-state index in [0.717, 1.165) is 12.8 Å². The van der Waals surface area contributed by atoms with Crippen molar-refractivity contribution in [2.75, 3.05) is 6.61 Å². The normalized spacial score (nSPS) is 11.8. The van der Waals surface area contributed by atoms with Crippen LogP contribution in [-0.2, 0) is 9.53 Å². The molecule has 0 aliphatic heterocycles. The van der Waals surface area contributed by atoms with Gasteiger partial charge in [-0.3, -0.25) is 4.79 Å². The van der Waals surface area contributed by atoms with Crippen molar-refractivity contribution < 1.29 is 14.6 Å². The molecule has 0 aromatic carbocycles. The molecule has 0 aliphatic rings. The molecule has 146 valence electrons. The van der Waals surface area contributed by atoms with Crippen molar-refractivity contribution in [3.8, 4) is 0 Å². The molecule has 3 nitrogen and oxygen atoms in total. The van der Waals surface area contributed by atoms with E-state index in [0.29, 0.717) is 6.42 Å². The van der Waals surface area contributed by atoms with Crippen LogP contribution < -0.4 is 0 Å². The minimum absolute atomic E-state index is 0. The summed E-state index contributed by atoms with van der Waals surface area (Å²) < 4.78 is 4.93. The summed E-state index contributed by atoms with van der Waals surface area (Å²) in [6, 6.07) is 0. The van der Waals surface area contributed by atoms with Gasteiger partial charge in [-0.05, 0) is 13.3 Å². The Labute approximate surface area is 179 Å². The fourth-order valence-electron chi connectivity index (χ4n) is 2.93. The summed E-state index contributed by atoms with van der Waals surface area (Å²) in [5.41, 5.74) is 0. The molecule has 1 N–H and O–H groups in total. The monoisotopic (exact) mass is 366 g/mol. The van der Waals surface area contributed by atoms with E-state index in [9.17, 15) is 4.79 Å². The number of ether oxygens (including phenoxy) is 1. The Morgan fingerprint density at radius 2 is 1.12 bits per heavy atom. The third kappa shape index (κ3) is 24.4. The van der Waals surface area contributed by atoms with Crippen LogP contribution in [0.3, 0.4) is 0 Å². The summed E-state index contributed by atoms with van der Waals surface area (Å²) in [6.07, 6.45) is 19.8. The van der Waals surface area contributed by atoms with E-state index >= 15 is 0 Å². The van der Waals surface area contributed by atoms with E-state index in [4.69, 9.17) is 9.84 Å².